The Morgan fingerprint density at radius 3 is 2.80 bits per heavy atom. The Labute approximate surface area is 173 Å². The monoisotopic (exact) mass is 405 g/mol. The van der Waals surface area contributed by atoms with E-state index in [1.54, 1.807) is 12.3 Å². The fourth-order valence-electron chi connectivity index (χ4n) is 5.28. The molecule has 8 heteroatoms. The molecule has 3 atom stereocenters. The number of nitrogens with one attached hydrogen (secondary N) is 2. The molecule has 0 spiro atoms. The number of aromatic nitrogens is 2. The summed E-state index contributed by atoms with van der Waals surface area (Å²) in [5.41, 5.74) is 1.12. The third-order valence-electron chi connectivity index (χ3n) is 6.92. The number of carbonyl (C=O) groups excluding carboxylic acids is 2. The van der Waals surface area contributed by atoms with E-state index < -0.39 is 23.0 Å². The molecule has 2 aromatic rings. The molecule has 4 heterocycles. The number of piperazine rings is 1. The van der Waals surface area contributed by atoms with Gasteiger partial charge in [0.1, 0.15) is 17.9 Å². The number of benzene rings is 1. The maximum Gasteiger partial charge on any atom is 0.272 e. The first-order valence-electron chi connectivity index (χ1n) is 9.86. The maximum atomic E-state index is 13.5. The van der Waals surface area contributed by atoms with Crippen molar-refractivity contribution in [2.24, 2.45) is 5.41 Å². The first kappa shape index (κ1) is 18.6. The first-order valence-corrected chi connectivity index (χ1v) is 9.86. The fraction of sp³-hybridized carbons (Fsp3) is 0.318. The van der Waals surface area contributed by atoms with E-state index in [4.69, 9.17) is 0 Å². The van der Waals surface area contributed by atoms with E-state index in [2.05, 4.69) is 21.9 Å². The molecule has 30 heavy (non-hydrogen) atoms. The number of fused-ring (bicyclic) bond motifs is 5. The largest absolute Gasteiger partial charge is 0.345 e. The standard InChI is InChI=1S/C22H23N5O3/c1-4-21(2,3)22-10-17-18(28)25-15(9-13-11-23-12-24-13)19(29)26(17)20(22)27(30)16-8-6-5-7-14(16)22/h4-9,11-12,17,20,30H,1,10H2,2-3H3,(H,23,24)(H,25,28)/b15-9+. The molecule has 5 rings (SSSR count). The zero-order valence-electron chi connectivity index (χ0n) is 16.8. The number of carbonyl (C=O) groups is 2. The minimum Gasteiger partial charge on any atom is -0.345 e. The van der Waals surface area contributed by atoms with E-state index in [0.29, 0.717) is 17.8 Å². The molecule has 0 aliphatic carbocycles. The average molecular weight is 405 g/mol. The van der Waals surface area contributed by atoms with Crippen molar-refractivity contribution in [2.75, 3.05) is 5.06 Å². The lowest BCUT2D eigenvalue weighted by atomic mass is 9.60. The molecule has 1 aromatic heterocycles. The lowest BCUT2D eigenvalue weighted by molar-refractivity contribution is -0.143. The van der Waals surface area contributed by atoms with Gasteiger partial charge in [0, 0.05) is 5.41 Å². The third kappa shape index (κ3) is 2.16. The van der Waals surface area contributed by atoms with Gasteiger partial charge >= 0.3 is 0 Å². The molecule has 2 fully saturated rings. The van der Waals surface area contributed by atoms with Gasteiger partial charge in [0.25, 0.3) is 5.91 Å². The summed E-state index contributed by atoms with van der Waals surface area (Å²) in [4.78, 5) is 35.0. The summed E-state index contributed by atoms with van der Waals surface area (Å²) in [5.74, 6) is -0.604. The van der Waals surface area contributed by atoms with Crippen molar-refractivity contribution in [3.05, 3.63) is 66.4 Å². The second-order valence-corrected chi connectivity index (χ2v) is 8.62. The van der Waals surface area contributed by atoms with Crippen LogP contribution in [0.25, 0.3) is 6.08 Å². The number of aromatic amines is 1. The van der Waals surface area contributed by atoms with Gasteiger partial charge in [-0.1, -0.05) is 38.1 Å². The van der Waals surface area contributed by atoms with Crippen LogP contribution in [0.5, 0.6) is 0 Å². The Kier molecular flexibility index (Phi) is 3.76. The Bertz CT molecular complexity index is 1090. The molecule has 3 N–H and O–H groups in total. The number of hydrogen-bond acceptors (Lipinski definition) is 5. The van der Waals surface area contributed by atoms with Crippen LogP contribution in [0.15, 0.2) is 55.1 Å². The van der Waals surface area contributed by atoms with Gasteiger partial charge in [-0.2, -0.15) is 0 Å². The van der Waals surface area contributed by atoms with Crippen LogP contribution in [0.4, 0.5) is 5.69 Å². The van der Waals surface area contributed by atoms with E-state index in [0.717, 1.165) is 10.6 Å². The molecule has 3 aliphatic rings. The second kappa shape index (κ2) is 6.06. The van der Waals surface area contributed by atoms with Crippen LogP contribution < -0.4 is 10.4 Å². The smallest absolute Gasteiger partial charge is 0.272 e. The van der Waals surface area contributed by atoms with Crippen molar-refractivity contribution in [1.29, 1.82) is 0 Å². The molecule has 154 valence electrons. The van der Waals surface area contributed by atoms with Crippen LogP contribution in [-0.4, -0.2) is 44.1 Å². The molecule has 0 saturated carbocycles. The highest BCUT2D eigenvalue weighted by Crippen LogP contribution is 2.62. The minimum absolute atomic E-state index is 0.150. The van der Waals surface area contributed by atoms with Gasteiger partial charge in [0.2, 0.25) is 5.91 Å². The number of amides is 2. The number of hydrogen-bond donors (Lipinski definition) is 3. The highest BCUT2D eigenvalue weighted by molar-refractivity contribution is 6.08. The van der Waals surface area contributed by atoms with Crippen LogP contribution >= 0.6 is 0 Å². The lowest BCUT2D eigenvalue weighted by Gasteiger charge is -2.44. The summed E-state index contributed by atoms with van der Waals surface area (Å²) >= 11 is 0. The fourth-order valence-corrected chi connectivity index (χ4v) is 5.28. The maximum absolute atomic E-state index is 13.5. The third-order valence-corrected chi connectivity index (χ3v) is 6.92. The number of allylic oxidation sites excluding steroid dienone is 1. The van der Waals surface area contributed by atoms with E-state index in [1.807, 2.05) is 44.2 Å². The first-order chi connectivity index (χ1) is 14.3. The number of para-hydroxylation sites is 1. The molecular formula is C22H23N5O3. The van der Waals surface area contributed by atoms with Crippen LogP contribution in [0.3, 0.4) is 0 Å². The minimum atomic E-state index is -0.725. The Morgan fingerprint density at radius 1 is 1.33 bits per heavy atom. The van der Waals surface area contributed by atoms with Crippen molar-refractivity contribution in [3.63, 3.8) is 0 Å². The SMILES string of the molecule is C=CC(C)(C)C12CC3C(=O)N/C(=C/c4cnc[nH]4)C(=O)N3C1N(O)c1ccccc12. The highest BCUT2D eigenvalue weighted by atomic mass is 16.5. The number of H-pyrrole nitrogens is 1. The molecule has 2 saturated heterocycles. The van der Waals surface area contributed by atoms with Crippen LogP contribution in [0.2, 0.25) is 0 Å². The van der Waals surface area contributed by atoms with Crippen molar-refractivity contribution >= 4 is 23.6 Å². The van der Waals surface area contributed by atoms with Crippen LogP contribution in [0, 0.1) is 5.41 Å². The van der Waals surface area contributed by atoms with E-state index >= 15 is 0 Å². The molecule has 0 radical (unpaired) electrons. The zero-order valence-corrected chi connectivity index (χ0v) is 16.8. The lowest BCUT2D eigenvalue weighted by Crippen LogP contribution is -2.61. The Balaban J connectivity index is 1.69. The summed E-state index contributed by atoms with van der Waals surface area (Å²) in [5, 5.41) is 15.1. The number of nitrogens with zero attached hydrogens (tertiary/aromatic N) is 3. The Hall–Kier alpha value is -3.39. The van der Waals surface area contributed by atoms with Crippen LogP contribution in [-0.2, 0) is 15.0 Å². The van der Waals surface area contributed by atoms with Crippen molar-refractivity contribution in [3.8, 4) is 0 Å². The predicted octanol–water partition coefficient (Wildman–Crippen LogP) is 2.17. The topological polar surface area (TPSA) is 102 Å². The van der Waals surface area contributed by atoms with E-state index in [-0.39, 0.29) is 17.5 Å². The van der Waals surface area contributed by atoms with Crippen molar-refractivity contribution < 1.29 is 14.8 Å². The van der Waals surface area contributed by atoms with Gasteiger partial charge in [0.05, 0.1) is 23.9 Å². The normalized spacial score (nSPS) is 29.0. The van der Waals surface area contributed by atoms with Crippen molar-refractivity contribution in [2.45, 2.75) is 37.9 Å². The van der Waals surface area contributed by atoms with Gasteiger partial charge in [-0.05, 0) is 29.5 Å². The average Bonchev–Trinajstić information content (AvgIpc) is 3.42. The molecule has 2 amide bonds. The summed E-state index contributed by atoms with van der Waals surface area (Å²) < 4.78 is 0. The summed E-state index contributed by atoms with van der Waals surface area (Å²) in [6.45, 7) is 8.09. The van der Waals surface area contributed by atoms with Gasteiger partial charge in [-0.25, -0.2) is 10.0 Å². The number of anilines is 1. The molecule has 8 nitrogen and oxygen atoms in total. The molecule has 1 aromatic carbocycles. The second-order valence-electron chi connectivity index (χ2n) is 8.62. The number of imidazole rings is 1. The van der Waals surface area contributed by atoms with Gasteiger partial charge in [-0.15, -0.1) is 6.58 Å². The van der Waals surface area contributed by atoms with E-state index in [9.17, 15) is 14.8 Å². The van der Waals surface area contributed by atoms with Gasteiger partial charge in [-0.3, -0.25) is 14.8 Å². The Morgan fingerprint density at radius 2 is 2.10 bits per heavy atom. The van der Waals surface area contributed by atoms with E-state index in [1.165, 1.54) is 11.2 Å². The number of hydroxylamine groups is 1. The molecular weight excluding hydrogens is 382 g/mol. The van der Waals surface area contributed by atoms with Gasteiger partial charge < -0.3 is 15.2 Å². The molecule has 3 unspecified atom stereocenters. The number of rotatable bonds is 3. The highest BCUT2D eigenvalue weighted by Gasteiger charge is 2.69. The summed E-state index contributed by atoms with van der Waals surface area (Å²) in [6.07, 6.45) is 6.14. The zero-order chi connectivity index (χ0) is 21.3. The predicted molar refractivity (Wildman–Crippen MR) is 110 cm³/mol. The quantitative estimate of drug-likeness (QED) is 0.537. The van der Waals surface area contributed by atoms with Crippen LogP contribution in [0.1, 0.15) is 31.5 Å². The van der Waals surface area contributed by atoms with Crippen molar-refractivity contribution in [1.82, 2.24) is 20.2 Å². The van der Waals surface area contributed by atoms with Gasteiger partial charge in [0.15, 0.2) is 0 Å². The molecule has 3 aliphatic heterocycles. The summed E-state index contributed by atoms with van der Waals surface area (Å²) in [7, 11) is 0. The summed E-state index contributed by atoms with van der Waals surface area (Å²) in [6, 6.07) is 6.87. The molecule has 0 bridgehead atoms.